The van der Waals surface area contributed by atoms with Crippen LogP contribution >= 0.6 is 0 Å². The second kappa shape index (κ2) is 8.36. The average Bonchev–Trinajstić information content (AvgIpc) is 3.20. The molecule has 7 rings (SSSR count). The summed E-state index contributed by atoms with van der Waals surface area (Å²) in [6, 6.07) is 43.1. The summed E-state index contributed by atoms with van der Waals surface area (Å²) in [5, 5.41) is 5.22. The standard InChI is InChI=1S/C34H26N2Si/c1-37(2)29-21-20-24-14-9-10-19-28(24)30(29)31-32(35-33(36-34(31)37)25-15-7-4-8-16-25)27-18-11-17-26(22-27)23-12-5-3-6-13-23/h3-22H,1-2H3. The highest BCUT2D eigenvalue weighted by molar-refractivity contribution is 7.03. The van der Waals surface area contributed by atoms with Crippen molar-refractivity contribution in [2.24, 2.45) is 0 Å². The van der Waals surface area contributed by atoms with E-state index in [1.54, 1.807) is 0 Å². The Morgan fingerprint density at radius 1 is 0.514 bits per heavy atom. The average molecular weight is 491 g/mol. The lowest BCUT2D eigenvalue weighted by Gasteiger charge is -2.19. The van der Waals surface area contributed by atoms with E-state index in [0.717, 1.165) is 22.6 Å². The highest BCUT2D eigenvalue weighted by Crippen LogP contribution is 2.40. The molecule has 0 bridgehead atoms. The van der Waals surface area contributed by atoms with E-state index in [1.807, 2.05) is 6.07 Å². The fraction of sp³-hybridized carbons (Fsp3) is 0.0588. The number of nitrogens with zero attached hydrogens (tertiary/aromatic N) is 2. The molecule has 0 saturated carbocycles. The number of aromatic nitrogens is 2. The molecule has 0 radical (unpaired) electrons. The van der Waals surface area contributed by atoms with E-state index in [9.17, 15) is 0 Å². The van der Waals surface area contributed by atoms with Gasteiger partial charge < -0.3 is 0 Å². The number of hydrogen-bond donors (Lipinski definition) is 0. The number of rotatable bonds is 3. The van der Waals surface area contributed by atoms with Gasteiger partial charge in [0.1, 0.15) is 8.07 Å². The van der Waals surface area contributed by atoms with Crippen LogP contribution in [0.25, 0.3) is 55.7 Å². The van der Waals surface area contributed by atoms with Gasteiger partial charge in [0.15, 0.2) is 5.82 Å². The Kier molecular flexibility index (Phi) is 4.95. The van der Waals surface area contributed by atoms with Gasteiger partial charge in [-0.05, 0) is 38.7 Å². The lowest BCUT2D eigenvalue weighted by molar-refractivity contribution is 1.21. The van der Waals surface area contributed by atoms with Crippen LogP contribution in [-0.4, -0.2) is 18.0 Å². The fourth-order valence-electron chi connectivity index (χ4n) is 5.74. The van der Waals surface area contributed by atoms with Crippen molar-refractivity contribution < 1.29 is 0 Å². The van der Waals surface area contributed by atoms with Crippen LogP contribution in [0.5, 0.6) is 0 Å². The molecule has 3 heteroatoms. The van der Waals surface area contributed by atoms with Crippen LogP contribution in [0.15, 0.2) is 121 Å². The van der Waals surface area contributed by atoms with Crippen molar-refractivity contribution in [3.8, 4) is 44.9 Å². The van der Waals surface area contributed by atoms with E-state index in [2.05, 4.69) is 128 Å². The second-order valence-electron chi connectivity index (χ2n) is 10.3. The van der Waals surface area contributed by atoms with Gasteiger partial charge in [0.05, 0.1) is 5.69 Å². The lowest BCUT2D eigenvalue weighted by atomic mass is 9.94. The van der Waals surface area contributed by atoms with Crippen molar-refractivity contribution in [2.75, 3.05) is 0 Å². The topological polar surface area (TPSA) is 25.8 Å². The lowest BCUT2D eigenvalue weighted by Crippen LogP contribution is -2.50. The van der Waals surface area contributed by atoms with Gasteiger partial charge in [0, 0.05) is 22.0 Å². The Bertz CT molecular complexity index is 1790. The summed E-state index contributed by atoms with van der Waals surface area (Å²) in [6.07, 6.45) is 0. The molecule has 176 valence electrons. The Hall–Kier alpha value is -4.34. The van der Waals surface area contributed by atoms with Gasteiger partial charge >= 0.3 is 0 Å². The van der Waals surface area contributed by atoms with Crippen LogP contribution in [-0.2, 0) is 0 Å². The van der Waals surface area contributed by atoms with Gasteiger partial charge in [-0.3, -0.25) is 0 Å². The van der Waals surface area contributed by atoms with Gasteiger partial charge in [-0.25, -0.2) is 9.97 Å². The monoisotopic (exact) mass is 490 g/mol. The van der Waals surface area contributed by atoms with Crippen molar-refractivity contribution in [1.29, 1.82) is 0 Å². The third-order valence-electron chi connectivity index (χ3n) is 7.63. The zero-order valence-corrected chi connectivity index (χ0v) is 21.9. The normalized spacial score (nSPS) is 13.4. The summed E-state index contributed by atoms with van der Waals surface area (Å²) in [4.78, 5) is 10.6. The Morgan fingerprint density at radius 3 is 1.95 bits per heavy atom. The molecule has 2 nitrogen and oxygen atoms in total. The first-order valence-corrected chi connectivity index (χ1v) is 15.8. The number of benzene rings is 5. The SMILES string of the molecule is C[Si]1(C)c2ccc3ccccc3c2-c2c(-c3cccc(-c4ccccc4)c3)nc(-c3ccccc3)nc21. The largest absolute Gasteiger partial charge is 0.237 e. The minimum absolute atomic E-state index is 0.803. The Labute approximate surface area is 218 Å². The van der Waals surface area contributed by atoms with Gasteiger partial charge in [0.25, 0.3) is 0 Å². The van der Waals surface area contributed by atoms with Crippen LogP contribution in [0, 0.1) is 0 Å². The van der Waals surface area contributed by atoms with Crippen LogP contribution < -0.4 is 10.5 Å². The minimum atomic E-state index is -2.06. The number of fused-ring (bicyclic) bond motifs is 5. The maximum Gasteiger partial charge on any atom is 0.159 e. The molecule has 1 aromatic heterocycles. The van der Waals surface area contributed by atoms with Crippen LogP contribution in [0.3, 0.4) is 0 Å². The first-order valence-electron chi connectivity index (χ1n) is 12.8. The van der Waals surface area contributed by atoms with E-state index in [0.29, 0.717) is 0 Å². The molecule has 2 heterocycles. The van der Waals surface area contributed by atoms with Gasteiger partial charge in [-0.1, -0.05) is 128 Å². The third kappa shape index (κ3) is 3.46. The zero-order chi connectivity index (χ0) is 25.0. The van der Waals surface area contributed by atoms with E-state index < -0.39 is 8.07 Å². The fourth-order valence-corrected chi connectivity index (χ4v) is 8.63. The van der Waals surface area contributed by atoms with Crippen LogP contribution in [0.2, 0.25) is 13.1 Å². The first-order chi connectivity index (χ1) is 18.1. The predicted octanol–water partition coefficient (Wildman–Crippen LogP) is 7.43. The summed E-state index contributed by atoms with van der Waals surface area (Å²) in [5.41, 5.74) is 8.15. The van der Waals surface area contributed by atoms with Gasteiger partial charge in [0.2, 0.25) is 0 Å². The molecule has 0 unspecified atom stereocenters. The highest BCUT2D eigenvalue weighted by atomic mass is 28.3. The smallest absolute Gasteiger partial charge is 0.159 e. The van der Waals surface area contributed by atoms with Crippen molar-refractivity contribution >= 4 is 29.4 Å². The quantitative estimate of drug-likeness (QED) is 0.241. The molecule has 0 aliphatic carbocycles. The van der Waals surface area contributed by atoms with Crippen LogP contribution in [0.1, 0.15) is 0 Å². The maximum absolute atomic E-state index is 5.32. The van der Waals surface area contributed by atoms with Crippen molar-refractivity contribution in [3.05, 3.63) is 121 Å². The molecular weight excluding hydrogens is 464 g/mol. The molecular formula is C34H26N2Si. The minimum Gasteiger partial charge on any atom is -0.237 e. The third-order valence-corrected chi connectivity index (χ3v) is 10.9. The zero-order valence-electron chi connectivity index (χ0n) is 20.9. The highest BCUT2D eigenvalue weighted by Gasteiger charge is 2.42. The number of hydrogen-bond acceptors (Lipinski definition) is 2. The molecule has 0 saturated heterocycles. The summed E-state index contributed by atoms with van der Waals surface area (Å²) >= 11 is 0. The molecule has 1 aliphatic rings. The van der Waals surface area contributed by atoms with Gasteiger partial charge in [-0.15, -0.1) is 0 Å². The molecule has 0 spiro atoms. The van der Waals surface area contributed by atoms with E-state index in [1.165, 1.54) is 43.5 Å². The molecule has 5 aromatic carbocycles. The van der Waals surface area contributed by atoms with Crippen molar-refractivity contribution in [3.63, 3.8) is 0 Å². The van der Waals surface area contributed by atoms with Gasteiger partial charge in [-0.2, -0.15) is 0 Å². The molecule has 0 N–H and O–H groups in total. The molecule has 0 amide bonds. The predicted molar refractivity (Wildman–Crippen MR) is 158 cm³/mol. The Balaban J connectivity index is 1.57. The van der Waals surface area contributed by atoms with E-state index in [4.69, 9.17) is 9.97 Å². The molecule has 0 atom stereocenters. The van der Waals surface area contributed by atoms with E-state index >= 15 is 0 Å². The second-order valence-corrected chi connectivity index (χ2v) is 14.5. The van der Waals surface area contributed by atoms with Crippen molar-refractivity contribution in [2.45, 2.75) is 13.1 Å². The Morgan fingerprint density at radius 2 is 1.16 bits per heavy atom. The van der Waals surface area contributed by atoms with Crippen LogP contribution in [0.4, 0.5) is 0 Å². The first kappa shape index (κ1) is 21.9. The maximum atomic E-state index is 5.32. The summed E-state index contributed by atoms with van der Waals surface area (Å²) in [6.45, 7) is 4.86. The molecule has 1 aliphatic heterocycles. The summed E-state index contributed by atoms with van der Waals surface area (Å²) in [5.74, 6) is 0.803. The van der Waals surface area contributed by atoms with Crippen molar-refractivity contribution in [1.82, 2.24) is 9.97 Å². The molecule has 6 aromatic rings. The molecule has 37 heavy (non-hydrogen) atoms. The van der Waals surface area contributed by atoms with E-state index in [-0.39, 0.29) is 0 Å². The summed E-state index contributed by atoms with van der Waals surface area (Å²) < 4.78 is 0. The summed E-state index contributed by atoms with van der Waals surface area (Å²) in [7, 11) is -2.06. The molecule has 0 fully saturated rings.